The van der Waals surface area contributed by atoms with Gasteiger partial charge in [-0.05, 0) is 156 Å². The first-order valence-electron chi connectivity index (χ1n) is 27.4. The van der Waals surface area contributed by atoms with Gasteiger partial charge in [0.1, 0.15) is 0 Å². The molecule has 0 fully saturated rings. The van der Waals surface area contributed by atoms with Gasteiger partial charge < -0.3 is 9.47 Å². The normalized spacial score (nSPS) is 12.3. The topological polar surface area (TPSA) is 8.17 Å². The van der Waals surface area contributed by atoms with Crippen LogP contribution in [0.5, 0.6) is 0 Å². The van der Waals surface area contributed by atoms with E-state index in [0.717, 1.165) is 22.7 Å². The molecule has 0 atom stereocenters. The molecule has 0 unspecified atom stereocenters. The molecule has 1 aliphatic rings. The van der Waals surface area contributed by atoms with Gasteiger partial charge in [0.25, 0.3) is 0 Å². The van der Waals surface area contributed by atoms with Crippen LogP contribution in [0.15, 0.2) is 303 Å². The molecule has 0 saturated carbocycles. The third-order valence-corrected chi connectivity index (χ3v) is 16.2. The molecule has 14 rings (SSSR count). The SMILES string of the molecule is CC1(C)c2cc(-c3ccc(N(c4ccc(-c5ccc(-c6ccccc6)cc5)cc4)c4ccc(-c5ccc(-c6ccccc6)cc5)cc4)cc3)ccc2-c2cc3c(-c4ccccc4)c(-c4ccccc4)n(-c4ccccc4)c3cc21. The number of benzene rings is 12. The van der Waals surface area contributed by atoms with Gasteiger partial charge in [-0.1, -0.05) is 250 Å². The number of nitrogens with zero attached hydrogens (tertiary/aromatic N) is 2. The minimum absolute atomic E-state index is 0.247. The number of para-hydroxylation sites is 1. The summed E-state index contributed by atoms with van der Waals surface area (Å²) in [6, 6.07) is 111. The fourth-order valence-corrected chi connectivity index (χ4v) is 12.1. The molecule has 12 aromatic carbocycles. The predicted octanol–water partition coefficient (Wildman–Crippen LogP) is 21.1. The van der Waals surface area contributed by atoms with Crippen LogP contribution in [0.4, 0.5) is 17.1 Å². The first-order chi connectivity index (χ1) is 38.9. The van der Waals surface area contributed by atoms with E-state index in [9.17, 15) is 0 Å². The maximum atomic E-state index is 2.49. The molecule has 0 radical (unpaired) electrons. The zero-order valence-corrected chi connectivity index (χ0v) is 44.3. The smallest absolute Gasteiger partial charge is 0.0619 e. The summed E-state index contributed by atoms with van der Waals surface area (Å²) in [5.74, 6) is 0. The Labute approximate surface area is 463 Å². The van der Waals surface area contributed by atoms with Crippen LogP contribution in [0.2, 0.25) is 0 Å². The number of hydrogen-bond acceptors (Lipinski definition) is 1. The van der Waals surface area contributed by atoms with Gasteiger partial charge in [0.2, 0.25) is 0 Å². The molecule has 13 aromatic rings. The van der Waals surface area contributed by atoms with Gasteiger partial charge in [-0.15, -0.1) is 0 Å². The fourth-order valence-electron chi connectivity index (χ4n) is 12.1. The standard InChI is InChI=1S/C77H56N2/c1-77(2)72-50-64(42-49-69(72)70-51-71-74(52-73(70)77)79(65-26-16-7-17-27-65)76(63-24-14-6-15-25-63)75(71)62-22-12-5-13-23-62)61-40-47-68(48-41-61)78(66-43-36-59(37-44-66)57-32-28-55(29-33-57)53-18-8-3-9-19-53)67-45-38-60(39-46-67)58-34-30-56(31-35-58)54-20-10-4-11-21-54/h3-52H,1-2H3. The average molecular weight is 1010 g/mol. The van der Waals surface area contributed by atoms with Crippen LogP contribution in [-0.2, 0) is 5.41 Å². The van der Waals surface area contributed by atoms with Crippen molar-refractivity contribution in [3.63, 3.8) is 0 Å². The zero-order chi connectivity index (χ0) is 52.9. The highest BCUT2D eigenvalue weighted by atomic mass is 15.1. The number of aromatic nitrogens is 1. The zero-order valence-electron chi connectivity index (χ0n) is 44.3. The van der Waals surface area contributed by atoms with Gasteiger partial charge in [-0.3, -0.25) is 0 Å². The largest absolute Gasteiger partial charge is 0.311 e. The number of anilines is 3. The lowest BCUT2D eigenvalue weighted by Crippen LogP contribution is -2.15. The van der Waals surface area contributed by atoms with Gasteiger partial charge in [-0.2, -0.15) is 0 Å². The molecule has 1 aromatic heterocycles. The summed E-state index contributed by atoms with van der Waals surface area (Å²) in [6.45, 7) is 4.80. The van der Waals surface area contributed by atoms with E-state index in [-0.39, 0.29) is 5.41 Å². The molecule has 0 N–H and O–H groups in total. The van der Waals surface area contributed by atoms with Gasteiger partial charge >= 0.3 is 0 Å². The van der Waals surface area contributed by atoms with Gasteiger partial charge in [0, 0.05) is 39.1 Å². The lowest BCUT2D eigenvalue weighted by Gasteiger charge is -2.26. The molecule has 0 bridgehead atoms. The van der Waals surface area contributed by atoms with Crippen LogP contribution < -0.4 is 4.90 Å². The summed E-state index contributed by atoms with van der Waals surface area (Å²) in [5, 5.41) is 1.25. The molecular formula is C77H56N2. The van der Waals surface area contributed by atoms with Crippen LogP contribution in [0.3, 0.4) is 0 Å². The average Bonchev–Trinajstić information content (AvgIpc) is 3.55. The highest BCUT2D eigenvalue weighted by Crippen LogP contribution is 2.54. The Morgan fingerprint density at radius 2 is 0.608 bits per heavy atom. The molecule has 2 nitrogen and oxygen atoms in total. The fraction of sp³-hybridized carbons (Fsp3) is 0.0390. The van der Waals surface area contributed by atoms with Crippen molar-refractivity contribution in [1.82, 2.24) is 4.57 Å². The summed E-state index contributed by atoms with van der Waals surface area (Å²) < 4.78 is 2.49. The van der Waals surface area contributed by atoms with Crippen LogP contribution in [-0.4, -0.2) is 4.57 Å². The van der Waals surface area contributed by atoms with E-state index in [1.165, 1.54) is 111 Å². The van der Waals surface area contributed by atoms with E-state index in [2.05, 4.69) is 327 Å². The third kappa shape index (κ3) is 8.65. The van der Waals surface area contributed by atoms with Crippen molar-refractivity contribution in [2.24, 2.45) is 0 Å². The summed E-state index contributed by atoms with van der Waals surface area (Å²) >= 11 is 0. The number of fused-ring (bicyclic) bond motifs is 4. The molecule has 1 aliphatic carbocycles. The van der Waals surface area contributed by atoms with Crippen molar-refractivity contribution in [3.05, 3.63) is 314 Å². The first-order valence-corrected chi connectivity index (χ1v) is 27.4. The third-order valence-electron chi connectivity index (χ3n) is 16.2. The van der Waals surface area contributed by atoms with E-state index in [1.807, 2.05) is 0 Å². The highest BCUT2D eigenvalue weighted by Gasteiger charge is 2.37. The Balaban J connectivity index is 0.820. The Hall–Kier alpha value is -10.0. The molecule has 79 heavy (non-hydrogen) atoms. The highest BCUT2D eigenvalue weighted by molar-refractivity contribution is 6.08. The van der Waals surface area contributed by atoms with E-state index >= 15 is 0 Å². The second-order valence-electron chi connectivity index (χ2n) is 21.3. The molecule has 0 amide bonds. The van der Waals surface area contributed by atoms with Gasteiger partial charge in [0.05, 0.1) is 11.2 Å². The van der Waals surface area contributed by atoms with E-state index < -0.39 is 0 Å². The monoisotopic (exact) mass is 1010 g/mol. The Morgan fingerprint density at radius 3 is 1.04 bits per heavy atom. The Kier molecular flexibility index (Phi) is 11.9. The molecule has 374 valence electrons. The molecule has 0 saturated heterocycles. The van der Waals surface area contributed by atoms with E-state index in [1.54, 1.807) is 0 Å². The second kappa shape index (κ2) is 19.8. The lowest BCUT2D eigenvalue weighted by atomic mass is 9.81. The maximum Gasteiger partial charge on any atom is 0.0619 e. The Morgan fingerprint density at radius 1 is 0.278 bits per heavy atom. The van der Waals surface area contributed by atoms with Crippen LogP contribution >= 0.6 is 0 Å². The number of rotatable bonds is 11. The van der Waals surface area contributed by atoms with Gasteiger partial charge in [-0.25, -0.2) is 0 Å². The molecule has 0 aliphatic heterocycles. The molecular weight excluding hydrogens is 953 g/mol. The van der Waals surface area contributed by atoms with Crippen LogP contribution in [0.25, 0.3) is 106 Å². The minimum Gasteiger partial charge on any atom is -0.311 e. The summed E-state index contributed by atoms with van der Waals surface area (Å²) in [4.78, 5) is 2.37. The van der Waals surface area contributed by atoms with Crippen molar-refractivity contribution in [2.45, 2.75) is 19.3 Å². The van der Waals surface area contributed by atoms with Crippen molar-refractivity contribution >= 4 is 28.0 Å². The molecule has 1 heterocycles. The number of hydrogen-bond donors (Lipinski definition) is 0. The van der Waals surface area contributed by atoms with E-state index in [4.69, 9.17) is 0 Å². The lowest BCUT2D eigenvalue weighted by molar-refractivity contribution is 0.661. The summed E-state index contributed by atoms with van der Waals surface area (Å²) in [6.07, 6.45) is 0. The van der Waals surface area contributed by atoms with Crippen LogP contribution in [0, 0.1) is 0 Å². The van der Waals surface area contributed by atoms with E-state index in [0.29, 0.717) is 0 Å². The summed E-state index contributed by atoms with van der Waals surface area (Å²) in [7, 11) is 0. The second-order valence-corrected chi connectivity index (χ2v) is 21.3. The van der Waals surface area contributed by atoms with Crippen molar-refractivity contribution in [3.8, 4) is 94.8 Å². The van der Waals surface area contributed by atoms with Crippen molar-refractivity contribution in [1.29, 1.82) is 0 Å². The first kappa shape index (κ1) is 47.4. The van der Waals surface area contributed by atoms with Crippen molar-refractivity contribution < 1.29 is 0 Å². The predicted molar refractivity (Wildman–Crippen MR) is 334 cm³/mol. The maximum absolute atomic E-state index is 2.49. The van der Waals surface area contributed by atoms with Crippen LogP contribution in [0.1, 0.15) is 25.0 Å². The Bertz CT molecular complexity index is 4150. The quantitative estimate of drug-likeness (QED) is 0.125. The minimum atomic E-state index is -0.247. The molecule has 2 heteroatoms. The van der Waals surface area contributed by atoms with Crippen molar-refractivity contribution in [2.75, 3.05) is 4.90 Å². The molecule has 0 spiro atoms. The van der Waals surface area contributed by atoms with Gasteiger partial charge in [0.15, 0.2) is 0 Å². The summed E-state index contributed by atoms with van der Waals surface area (Å²) in [5.41, 5.74) is 27.5.